The van der Waals surface area contributed by atoms with Crippen LogP contribution in [0.4, 0.5) is 0 Å². The molecule has 1 aliphatic heterocycles. The molecule has 1 saturated heterocycles. The van der Waals surface area contributed by atoms with Crippen LogP contribution in [-0.2, 0) is 11.3 Å². The highest BCUT2D eigenvalue weighted by Crippen LogP contribution is 2.20. The van der Waals surface area contributed by atoms with Crippen LogP contribution in [0.1, 0.15) is 36.8 Å². The van der Waals surface area contributed by atoms with Gasteiger partial charge in [0.05, 0.1) is 17.6 Å². The quantitative estimate of drug-likeness (QED) is 0.676. The van der Waals surface area contributed by atoms with E-state index in [1.807, 2.05) is 61.5 Å². The van der Waals surface area contributed by atoms with Crippen molar-refractivity contribution in [2.24, 2.45) is 5.92 Å². The third-order valence-electron chi connectivity index (χ3n) is 6.11. The molecule has 0 radical (unpaired) electrons. The Labute approximate surface area is 176 Å². The zero-order valence-corrected chi connectivity index (χ0v) is 17.3. The van der Waals surface area contributed by atoms with Gasteiger partial charge < -0.3 is 9.73 Å². The fraction of sp³-hybridized carbons (Fsp3) is 0.360. The normalized spacial score (nSPS) is 16.4. The number of carbonyl (C=O) groups excluding carboxylic acids is 1. The van der Waals surface area contributed by atoms with Gasteiger partial charge in [0, 0.05) is 18.7 Å². The molecular weight excluding hydrogens is 376 g/mol. The third kappa shape index (κ3) is 4.62. The Morgan fingerprint density at radius 1 is 1.10 bits per heavy atom. The van der Waals surface area contributed by atoms with Crippen molar-refractivity contribution in [3.05, 3.63) is 82.2 Å². The van der Waals surface area contributed by atoms with E-state index in [4.69, 9.17) is 4.42 Å². The van der Waals surface area contributed by atoms with Gasteiger partial charge in [-0.15, -0.1) is 0 Å². The van der Waals surface area contributed by atoms with Gasteiger partial charge in [-0.2, -0.15) is 0 Å². The molecule has 1 unspecified atom stereocenters. The zero-order chi connectivity index (χ0) is 20.9. The molecule has 0 saturated carbocycles. The van der Waals surface area contributed by atoms with E-state index in [1.54, 1.807) is 6.26 Å². The maximum atomic E-state index is 12.7. The number of likely N-dealkylation sites (tertiary alicyclic amines) is 1. The topological polar surface area (TPSA) is 62.6 Å². The summed E-state index contributed by atoms with van der Waals surface area (Å²) >= 11 is 0. The average molecular weight is 405 g/mol. The van der Waals surface area contributed by atoms with Crippen LogP contribution in [0.25, 0.3) is 11.0 Å². The number of hydrogen-bond acceptors (Lipinski definition) is 4. The fourth-order valence-electron chi connectivity index (χ4n) is 4.11. The first kappa shape index (κ1) is 20.4. The van der Waals surface area contributed by atoms with E-state index in [0.717, 1.165) is 31.5 Å². The lowest BCUT2D eigenvalue weighted by Gasteiger charge is -2.32. The Morgan fingerprint density at radius 2 is 1.80 bits per heavy atom. The van der Waals surface area contributed by atoms with Crippen molar-refractivity contribution in [3.63, 3.8) is 0 Å². The lowest BCUT2D eigenvalue weighted by atomic mass is 9.95. The highest BCUT2D eigenvalue weighted by atomic mass is 16.3. The Hall–Kier alpha value is -2.92. The van der Waals surface area contributed by atoms with Crippen molar-refractivity contribution in [2.45, 2.75) is 32.2 Å². The molecule has 30 heavy (non-hydrogen) atoms. The summed E-state index contributed by atoms with van der Waals surface area (Å²) in [6.07, 6.45) is 3.62. The summed E-state index contributed by atoms with van der Waals surface area (Å²) in [4.78, 5) is 27.5. The van der Waals surface area contributed by atoms with Gasteiger partial charge in [0.25, 0.3) is 0 Å². The molecular formula is C25H28N2O3. The van der Waals surface area contributed by atoms with E-state index in [1.165, 1.54) is 0 Å². The molecule has 1 fully saturated rings. The summed E-state index contributed by atoms with van der Waals surface area (Å²) in [5.74, 6) is 0.414. The lowest BCUT2D eigenvalue weighted by Crippen LogP contribution is -2.39. The van der Waals surface area contributed by atoms with E-state index in [2.05, 4.69) is 10.2 Å². The number of fused-ring (bicyclic) bond motifs is 1. The van der Waals surface area contributed by atoms with Crippen LogP contribution in [0.15, 0.2) is 70.1 Å². The predicted octanol–water partition coefficient (Wildman–Crippen LogP) is 3.92. The molecule has 2 aromatic carbocycles. The van der Waals surface area contributed by atoms with Gasteiger partial charge in [0.1, 0.15) is 5.58 Å². The number of amides is 1. The second-order valence-corrected chi connectivity index (χ2v) is 8.18. The number of benzene rings is 2. The van der Waals surface area contributed by atoms with Gasteiger partial charge in [0.2, 0.25) is 5.91 Å². The Kier molecular flexibility index (Phi) is 6.29. The molecule has 4 rings (SSSR count). The summed E-state index contributed by atoms with van der Waals surface area (Å²) < 4.78 is 5.64. The predicted molar refractivity (Wildman–Crippen MR) is 118 cm³/mol. The number of para-hydroxylation sites is 1. The second kappa shape index (κ2) is 9.26. The molecule has 2 heterocycles. The molecule has 1 atom stereocenters. The molecule has 5 nitrogen and oxygen atoms in total. The molecule has 3 aromatic rings. The van der Waals surface area contributed by atoms with E-state index in [9.17, 15) is 9.59 Å². The number of rotatable bonds is 6. The molecule has 0 aliphatic carbocycles. The Bertz CT molecular complexity index is 1050. The maximum absolute atomic E-state index is 12.7. The summed E-state index contributed by atoms with van der Waals surface area (Å²) in [5, 5.41) is 3.76. The third-order valence-corrected chi connectivity index (χ3v) is 6.11. The number of piperidine rings is 1. The van der Waals surface area contributed by atoms with Crippen molar-refractivity contribution in [3.8, 4) is 0 Å². The van der Waals surface area contributed by atoms with Gasteiger partial charge in [-0.25, -0.2) is 0 Å². The second-order valence-electron chi connectivity index (χ2n) is 8.18. The minimum Gasteiger partial charge on any atom is -0.464 e. The number of hydrogen-bond donors (Lipinski definition) is 1. The highest BCUT2D eigenvalue weighted by molar-refractivity contribution is 5.83. The van der Waals surface area contributed by atoms with Crippen molar-refractivity contribution >= 4 is 16.9 Å². The molecule has 1 N–H and O–H groups in total. The molecule has 0 spiro atoms. The lowest BCUT2D eigenvalue weighted by molar-refractivity contribution is -0.122. The molecule has 1 aliphatic rings. The first-order valence-electron chi connectivity index (χ1n) is 10.7. The fourth-order valence-corrected chi connectivity index (χ4v) is 4.11. The smallest absolute Gasteiger partial charge is 0.227 e. The van der Waals surface area contributed by atoms with Crippen molar-refractivity contribution in [1.82, 2.24) is 10.2 Å². The Morgan fingerprint density at radius 3 is 2.57 bits per heavy atom. The van der Waals surface area contributed by atoms with Crippen LogP contribution in [0.5, 0.6) is 0 Å². The van der Waals surface area contributed by atoms with Crippen LogP contribution in [0.3, 0.4) is 0 Å². The van der Waals surface area contributed by atoms with Gasteiger partial charge in [-0.3, -0.25) is 14.5 Å². The number of carbonyl (C=O) groups is 1. The summed E-state index contributed by atoms with van der Waals surface area (Å²) in [6.45, 7) is 5.10. The number of nitrogens with zero attached hydrogens (tertiary/aromatic N) is 1. The number of nitrogens with one attached hydrogen (secondary N) is 1. The molecule has 1 aromatic heterocycles. The maximum Gasteiger partial charge on any atom is 0.227 e. The monoisotopic (exact) mass is 404 g/mol. The minimum absolute atomic E-state index is 0.0566. The minimum atomic E-state index is -0.140. The Balaban J connectivity index is 1.27. The van der Waals surface area contributed by atoms with Crippen LogP contribution in [0.2, 0.25) is 0 Å². The summed E-state index contributed by atoms with van der Waals surface area (Å²) in [7, 11) is 0. The van der Waals surface area contributed by atoms with Crippen LogP contribution in [0, 0.1) is 5.92 Å². The van der Waals surface area contributed by atoms with Crippen molar-refractivity contribution in [1.29, 1.82) is 0 Å². The van der Waals surface area contributed by atoms with E-state index >= 15 is 0 Å². The van der Waals surface area contributed by atoms with Crippen LogP contribution in [-0.4, -0.2) is 30.4 Å². The summed E-state index contributed by atoms with van der Waals surface area (Å²) in [5.41, 5.74) is 2.43. The SMILES string of the molecule is CC(C(=O)NCC1CCN(Cc2coc3ccccc3c2=O)CC1)c1ccccc1. The first-order chi connectivity index (χ1) is 14.6. The molecule has 156 valence electrons. The van der Waals surface area contributed by atoms with Gasteiger partial charge >= 0.3 is 0 Å². The van der Waals surface area contributed by atoms with Gasteiger partial charge in [0.15, 0.2) is 5.43 Å². The van der Waals surface area contributed by atoms with E-state index < -0.39 is 0 Å². The zero-order valence-electron chi connectivity index (χ0n) is 17.3. The van der Waals surface area contributed by atoms with Crippen molar-refractivity contribution < 1.29 is 9.21 Å². The van der Waals surface area contributed by atoms with E-state index in [-0.39, 0.29) is 17.3 Å². The molecule has 1 amide bonds. The molecule has 5 heteroatoms. The molecule has 0 bridgehead atoms. The summed E-state index contributed by atoms with van der Waals surface area (Å²) in [6, 6.07) is 17.2. The largest absolute Gasteiger partial charge is 0.464 e. The van der Waals surface area contributed by atoms with Crippen molar-refractivity contribution in [2.75, 3.05) is 19.6 Å². The highest BCUT2D eigenvalue weighted by Gasteiger charge is 2.22. The van der Waals surface area contributed by atoms with E-state index in [0.29, 0.717) is 35.5 Å². The average Bonchev–Trinajstić information content (AvgIpc) is 2.80. The van der Waals surface area contributed by atoms with Crippen LogP contribution >= 0.6 is 0 Å². The van der Waals surface area contributed by atoms with Gasteiger partial charge in [-0.1, -0.05) is 42.5 Å². The van der Waals surface area contributed by atoms with Gasteiger partial charge in [-0.05, 0) is 56.5 Å². The standard InChI is InChI=1S/C25H28N2O3/c1-18(20-7-3-2-4-8-20)25(29)26-15-19-11-13-27(14-12-19)16-21-17-30-23-10-6-5-9-22(23)24(21)28/h2-10,17-19H,11-16H2,1H3,(H,26,29). The van der Waals surface area contributed by atoms with Crippen LogP contribution < -0.4 is 10.7 Å². The first-order valence-corrected chi connectivity index (χ1v) is 10.7.